The van der Waals surface area contributed by atoms with Crippen molar-refractivity contribution < 1.29 is 4.74 Å². The predicted octanol–water partition coefficient (Wildman–Crippen LogP) is 6.74. The van der Waals surface area contributed by atoms with E-state index in [0.717, 1.165) is 28.4 Å². The van der Waals surface area contributed by atoms with Gasteiger partial charge in [0, 0.05) is 29.8 Å². The molecule has 1 fully saturated rings. The van der Waals surface area contributed by atoms with Crippen LogP contribution in [0.5, 0.6) is 11.5 Å². The molecule has 2 aromatic carbocycles. The molecule has 0 saturated carbocycles. The molecule has 1 saturated heterocycles. The molecule has 0 bridgehead atoms. The van der Waals surface area contributed by atoms with Crippen LogP contribution in [0.2, 0.25) is 0 Å². The summed E-state index contributed by atoms with van der Waals surface area (Å²) in [5, 5.41) is 4.22. The lowest BCUT2D eigenvalue weighted by Gasteiger charge is -2.30. The monoisotopic (exact) mass is 468 g/mol. The lowest BCUT2D eigenvalue weighted by molar-refractivity contribution is 0.478. The van der Waals surface area contributed by atoms with Crippen molar-refractivity contribution in [3.05, 3.63) is 108 Å². The van der Waals surface area contributed by atoms with Gasteiger partial charge >= 0.3 is 0 Å². The van der Waals surface area contributed by atoms with Crippen LogP contribution in [0, 0.1) is 6.92 Å². The predicted molar refractivity (Wildman–Crippen MR) is 140 cm³/mol. The van der Waals surface area contributed by atoms with E-state index in [0.29, 0.717) is 11.2 Å². The second-order valence-corrected chi connectivity index (χ2v) is 9.18. The van der Waals surface area contributed by atoms with Gasteiger partial charge in [-0.25, -0.2) is 0 Å². The van der Waals surface area contributed by atoms with E-state index in [1.807, 2.05) is 61.7 Å². The van der Waals surface area contributed by atoms with Crippen LogP contribution in [0.15, 0.2) is 91.3 Å². The Labute approximate surface area is 206 Å². The summed E-state index contributed by atoms with van der Waals surface area (Å²) in [6.07, 6.45) is 3.97. The van der Waals surface area contributed by atoms with E-state index in [9.17, 15) is 0 Å². The summed E-state index contributed by atoms with van der Waals surface area (Å²) < 4.78 is 8.42. The summed E-state index contributed by atoms with van der Waals surface area (Å²) in [6.45, 7) is 6.44. The normalized spacial score (nSPS) is 17.8. The molecule has 0 radical (unpaired) electrons. The number of rotatable bonds is 6. The summed E-state index contributed by atoms with van der Waals surface area (Å²) >= 11 is 5.86. The highest BCUT2D eigenvalue weighted by Gasteiger charge is 2.42. The number of aromatic nitrogens is 2. The highest BCUT2D eigenvalue weighted by molar-refractivity contribution is 7.80. The largest absolute Gasteiger partial charge is 0.457 e. The smallest absolute Gasteiger partial charge is 0.174 e. The SMILES string of the molecule is Cc1ccccc1Oc1ccc(N2C(=S)NC(c3ccccn3)C2c2cccn2C(C)C)cc1. The molecule has 2 aromatic heterocycles. The Kier molecular flexibility index (Phi) is 6.07. The van der Waals surface area contributed by atoms with Crippen LogP contribution >= 0.6 is 12.2 Å². The van der Waals surface area contributed by atoms with Gasteiger partial charge in [-0.1, -0.05) is 24.3 Å². The van der Waals surface area contributed by atoms with E-state index in [-0.39, 0.29) is 12.1 Å². The van der Waals surface area contributed by atoms with E-state index in [1.54, 1.807) is 0 Å². The van der Waals surface area contributed by atoms with Gasteiger partial charge in [0.25, 0.3) is 0 Å². The number of nitrogens with zero attached hydrogens (tertiary/aromatic N) is 3. The number of thiocarbonyl (C=S) groups is 1. The number of pyridine rings is 1. The number of nitrogens with one attached hydrogen (secondary N) is 1. The third-order valence-electron chi connectivity index (χ3n) is 6.21. The van der Waals surface area contributed by atoms with Crippen LogP contribution in [0.4, 0.5) is 5.69 Å². The second-order valence-electron chi connectivity index (χ2n) is 8.79. The molecule has 1 N–H and O–H groups in total. The van der Waals surface area contributed by atoms with Crippen molar-refractivity contribution in [3.63, 3.8) is 0 Å². The van der Waals surface area contributed by atoms with Crippen molar-refractivity contribution in [1.82, 2.24) is 14.9 Å². The molecule has 34 heavy (non-hydrogen) atoms. The number of aryl methyl sites for hydroxylation is 1. The first kappa shape index (κ1) is 22.2. The second kappa shape index (κ2) is 9.31. The van der Waals surface area contributed by atoms with E-state index < -0.39 is 0 Å². The Bertz CT molecular complexity index is 1280. The van der Waals surface area contributed by atoms with Crippen LogP contribution in [0.1, 0.15) is 48.9 Å². The summed E-state index contributed by atoms with van der Waals surface area (Å²) in [4.78, 5) is 6.84. The van der Waals surface area contributed by atoms with Gasteiger partial charge < -0.3 is 19.5 Å². The molecule has 0 aliphatic carbocycles. The number of anilines is 1. The van der Waals surface area contributed by atoms with Crippen molar-refractivity contribution in [2.45, 2.75) is 38.9 Å². The fraction of sp³-hybridized carbons (Fsp3) is 0.214. The molecular weight excluding hydrogens is 440 g/mol. The number of ether oxygens (including phenoxy) is 1. The zero-order valence-electron chi connectivity index (χ0n) is 19.6. The van der Waals surface area contributed by atoms with Gasteiger partial charge in [0.05, 0.1) is 11.7 Å². The molecule has 0 spiro atoms. The van der Waals surface area contributed by atoms with Crippen molar-refractivity contribution in [1.29, 1.82) is 0 Å². The maximum absolute atomic E-state index is 6.11. The summed E-state index contributed by atoms with van der Waals surface area (Å²) in [6, 6.07) is 26.7. The Morgan fingerprint density at radius 3 is 2.41 bits per heavy atom. The van der Waals surface area contributed by atoms with Crippen LogP contribution in [-0.2, 0) is 0 Å². The van der Waals surface area contributed by atoms with Gasteiger partial charge in [-0.2, -0.15) is 0 Å². The molecule has 5 rings (SSSR count). The minimum atomic E-state index is -0.0657. The maximum Gasteiger partial charge on any atom is 0.174 e. The summed E-state index contributed by atoms with van der Waals surface area (Å²) in [7, 11) is 0. The van der Waals surface area contributed by atoms with E-state index in [4.69, 9.17) is 17.0 Å². The van der Waals surface area contributed by atoms with Gasteiger partial charge in [-0.15, -0.1) is 0 Å². The maximum atomic E-state index is 6.11. The van der Waals surface area contributed by atoms with Gasteiger partial charge in [0.1, 0.15) is 17.5 Å². The number of para-hydroxylation sites is 1. The first-order chi connectivity index (χ1) is 16.5. The van der Waals surface area contributed by atoms with Crippen molar-refractivity contribution in [2.75, 3.05) is 4.90 Å². The third kappa shape index (κ3) is 4.17. The first-order valence-corrected chi connectivity index (χ1v) is 11.9. The molecule has 3 heterocycles. The van der Waals surface area contributed by atoms with Crippen molar-refractivity contribution in [3.8, 4) is 11.5 Å². The molecular formula is C28H28N4OS. The number of hydrogen-bond donors (Lipinski definition) is 1. The fourth-order valence-corrected chi connectivity index (χ4v) is 4.88. The summed E-state index contributed by atoms with van der Waals surface area (Å²) in [5.41, 5.74) is 4.27. The molecule has 1 aliphatic rings. The average molecular weight is 469 g/mol. The molecule has 0 amide bonds. The molecule has 1 aliphatic heterocycles. The molecule has 172 valence electrons. The third-order valence-corrected chi connectivity index (χ3v) is 6.52. The molecule has 5 nitrogen and oxygen atoms in total. The molecule has 6 heteroatoms. The Balaban J connectivity index is 1.51. The van der Waals surface area contributed by atoms with Crippen LogP contribution in [0.3, 0.4) is 0 Å². The topological polar surface area (TPSA) is 42.3 Å². The summed E-state index contributed by atoms with van der Waals surface area (Å²) in [5.74, 6) is 1.65. The van der Waals surface area contributed by atoms with Gasteiger partial charge in [-0.3, -0.25) is 4.98 Å². The molecule has 2 atom stereocenters. The van der Waals surface area contributed by atoms with Gasteiger partial charge in [0.15, 0.2) is 5.11 Å². The van der Waals surface area contributed by atoms with E-state index in [2.05, 4.69) is 70.1 Å². The lowest BCUT2D eigenvalue weighted by atomic mass is 10.0. The van der Waals surface area contributed by atoms with E-state index in [1.165, 1.54) is 5.69 Å². The first-order valence-electron chi connectivity index (χ1n) is 11.5. The highest BCUT2D eigenvalue weighted by atomic mass is 32.1. The minimum Gasteiger partial charge on any atom is -0.457 e. The lowest BCUT2D eigenvalue weighted by Crippen LogP contribution is -2.30. The Morgan fingerprint density at radius 1 is 0.941 bits per heavy atom. The van der Waals surface area contributed by atoms with Crippen molar-refractivity contribution in [2.24, 2.45) is 0 Å². The van der Waals surface area contributed by atoms with Crippen LogP contribution in [0.25, 0.3) is 0 Å². The minimum absolute atomic E-state index is 0.0389. The highest BCUT2D eigenvalue weighted by Crippen LogP contribution is 2.42. The Morgan fingerprint density at radius 2 is 1.71 bits per heavy atom. The quantitative estimate of drug-likeness (QED) is 0.317. The Hall–Kier alpha value is -3.64. The number of hydrogen-bond acceptors (Lipinski definition) is 3. The number of benzene rings is 2. The van der Waals surface area contributed by atoms with Gasteiger partial charge in [0.2, 0.25) is 0 Å². The zero-order valence-corrected chi connectivity index (χ0v) is 20.4. The average Bonchev–Trinajstić information content (AvgIpc) is 3.46. The van der Waals surface area contributed by atoms with Crippen LogP contribution < -0.4 is 15.0 Å². The molecule has 4 aromatic rings. The van der Waals surface area contributed by atoms with Crippen LogP contribution in [-0.4, -0.2) is 14.7 Å². The molecule has 2 unspecified atom stereocenters. The fourth-order valence-electron chi connectivity index (χ4n) is 4.53. The van der Waals surface area contributed by atoms with E-state index >= 15 is 0 Å². The standard InChI is InChI=1S/C28H28N4OS/c1-19(2)31-18-8-11-24(31)27-26(23-10-6-7-17-29-23)30-28(34)32(27)21-13-15-22(16-14-21)33-25-12-5-4-9-20(25)3/h4-19,26-27H,1-3H3,(H,30,34). The van der Waals surface area contributed by atoms with Gasteiger partial charge in [-0.05, 0) is 93.1 Å². The van der Waals surface area contributed by atoms with Crippen molar-refractivity contribution >= 4 is 23.0 Å². The zero-order chi connectivity index (χ0) is 23.7.